The number of tetrazole rings is 1. The first-order valence-electron chi connectivity index (χ1n) is 11.6. The average Bonchev–Trinajstić information content (AvgIpc) is 3.49. The molecule has 0 bridgehead atoms. The number of piperazine rings is 1. The Morgan fingerprint density at radius 3 is 2.35 bits per heavy atom. The van der Waals surface area contributed by atoms with Crippen molar-refractivity contribution in [1.82, 2.24) is 25.1 Å². The van der Waals surface area contributed by atoms with Crippen LogP contribution in [0.1, 0.15) is 60.3 Å². The van der Waals surface area contributed by atoms with E-state index in [-0.39, 0.29) is 6.04 Å². The fraction of sp³-hybridized carbons (Fsp3) is 0.480. The summed E-state index contributed by atoms with van der Waals surface area (Å²) in [6.07, 6.45) is 4.91. The Morgan fingerprint density at radius 1 is 0.871 bits per heavy atom. The minimum Gasteiger partial charge on any atom is -0.369 e. The highest BCUT2D eigenvalue weighted by Crippen LogP contribution is 2.35. The summed E-state index contributed by atoms with van der Waals surface area (Å²) in [5.41, 5.74) is 5.39. The molecule has 1 aliphatic heterocycles. The molecule has 0 amide bonds. The van der Waals surface area contributed by atoms with E-state index in [9.17, 15) is 0 Å². The molecule has 162 valence electrons. The van der Waals surface area contributed by atoms with Crippen molar-refractivity contribution in [1.29, 1.82) is 0 Å². The molecule has 1 aromatic heterocycles. The number of rotatable bonds is 5. The van der Waals surface area contributed by atoms with Gasteiger partial charge in [-0.2, -0.15) is 0 Å². The van der Waals surface area contributed by atoms with E-state index in [1.54, 1.807) is 0 Å². The van der Waals surface area contributed by atoms with E-state index in [1.807, 2.05) is 0 Å². The highest BCUT2D eigenvalue weighted by molar-refractivity contribution is 5.56. The molecule has 2 heterocycles. The quantitative estimate of drug-likeness (QED) is 0.620. The monoisotopic (exact) mass is 416 g/mol. The summed E-state index contributed by atoms with van der Waals surface area (Å²) in [4.78, 5) is 5.09. The fourth-order valence-electron chi connectivity index (χ4n) is 5.25. The molecule has 3 aromatic rings. The molecule has 5 rings (SSSR count). The second-order valence-electron chi connectivity index (χ2n) is 8.98. The Hall–Kier alpha value is -2.73. The molecule has 31 heavy (non-hydrogen) atoms. The smallest absolute Gasteiger partial charge is 0.173 e. The van der Waals surface area contributed by atoms with Crippen molar-refractivity contribution in [3.05, 3.63) is 71.0 Å². The molecule has 0 unspecified atom stereocenters. The maximum absolute atomic E-state index is 4.56. The van der Waals surface area contributed by atoms with Crippen LogP contribution in [0.2, 0.25) is 0 Å². The maximum atomic E-state index is 4.56. The van der Waals surface area contributed by atoms with Gasteiger partial charge in [0.25, 0.3) is 0 Å². The Morgan fingerprint density at radius 2 is 1.61 bits per heavy atom. The summed E-state index contributed by atoms with van der Waals surface area (Å²) >= 11 is 0. The second-order valence-corrected chi connectivity index (χ2v) is 8.98. The van der Waals surface area contributed by atoms with Crippen LogP contribution in [0.25, 0.3) is 0 Å². The summed E-state index contributed by atoms with van der Waals surface area (Å²) in [6, 6.07) is 17.9. The van der Waals surface area contributed by atoms with Crippen LogP contribution in [-0.2, 0) is 0 Å². The number of aryl methyl sites for hydroxylation is 1. The normalized spacial score (nSPS) is 19.1. The third kappa shape index (κ3) is 3.97. The van der Waals surface area contributed by atoms with E-state index < -0.39 is 0 Å². The van der Waals surface area contributed by atoms with E-state index in [2.05, 4.69) is 92.4 Å². The van der Waals surface area contributed by atoms with E-state index >= 15 is 0 Å². The Balaban J connectivity index is 1.42. The van der Waals surface area contributed by atoms with Crippen LogP contribution in [0.4, 0.5) is 5.69 Å². The first-order chi connectivity index (χ1) is 15.2. The summed E-state index contributed by atoms with van der Waals surface area (Å²) in [5.74, 6) is 0.998. The van der Waals surface area contributed by atoms with Crippen LogP contribution >= 0.6 is 0 Å². The molecule has 6 nitrogen and oxygen atoms in total. The first kappa shape index (κ1) is 20.2. The van der Waals surface area contributed by atoms with Gasteiger partial charge < -0.3 is 4.90 Å². The van der Waals surface area contributed by atoms with E-state index in [0.29, 0.717) is 6.04 Å². The molecule has 6 heteroatoms. The van der Waals surface area contributed by atoms with Gasteiger partial charge in [-0.1, -0.05) is 55.3 Å². The summed E-state index contributed by atoms with van der Waals surface area (Å²) in [7, 11) is 0. The molecule has 1 atom stereocenters. The average molecular weight is 417 g/mol. The molecule has 0 spiro atoms. The minimum absolute atomic E-state index is 0.0950. The molecule has 2 fully saturated rings. The van der Waals surface area contributed by atoms with Crippen LogP contribution in [0.5, 0.6) is 0 Å². The van der Waals surface area contributed by atoms with Gasteiger partial charge in [-0.25, -0.2) is 4.68 Å². The predicted molar refractivity (Wildman–Crippen MR) is 123 cm³/mol. The number of hydrogen-bond donors (Lipinski definition) is 0. The van der Waals surface area contributed by atoms with Gasteiger partial charge in [-0.05, 0) is 59.9 Å². The number of aromatic nitrogens is 4. The molecule has 1 saturated heterocycles. The lowest BCUT2D eigenvalue weighted by atomic mass is 10.0. The molecule has 0 radical (unpaired) electrons. The molecule has 1 saturated carbocycles. The van der Waals surface area contributed by atoms with Crippen molar-refractivity contribution in [3.63, 3.8) is 0 Å². The van der Waals surface area contributed by atoms with Gasteiger partial charge in [0.2, 0.25) is 0 Å². The number of hydrogen-bond acceptors (Lipinski definition) is 5. The van der Waals surface area contributed by atoms with Crippen molar-refractivity contribution in [2.75, 3.05) is 31.1 Å². The van der Waals surface area contributed by atoms with Crippen LogP contribution in [0.3, 0.4) is 0 Å². The van der Waals surface area contributed by atoms with Crippen LogP contribution in [0.15, 0.2) is 48.5 Å². The van der Waals surface area contributed by atoms with Crippen molar-refractivity contribution in [2.45, 2.75) is 51.6 Å². The second kappa shape index (κ2) is 8.79. The standard InChI is InChI=1S/C25H32N6/c1-19-9-8-14-23(20(19)2)29-15-17-30(18-16-29)24(21-10-4-3-5-11-21)25-26-27-28-31(25)22-12-6-7-13-22/h3-5,8-11,14,22,24H,6-7,12-13,15-18H2,1-2H3/t24-/m1/s1. The summed E-state index contributed by atoms with van der Waals surface area (Å²) in [5, 5.41) is 13.1. The molecular formula is C25H32N6. The SMILES string of the molecule is Cc1cccc(N2CCN([C@H](c3ccccc3)c3nnnn3C3CCCC3)CC2)c1C. The maximum Gasteiger partial charge on any atom is 0.173 e. The molecular weight excluding hydrogens is 384 g/mol. The van der Waals surface area contributed by atoms with Crippen LogP contribution in [0, 0.1) is 13.8 Å². The lowest BCUT2D eigenvalue weighted by molar-refractivity contribution is 0.197. The van der Waals surface area contributed by atoms with Gasteiger partial charge in [0, 0.05) is 31.9 Å². The Kier molecular flexibility index (Phi) is 5.72. The summed E-state index contributed by atoms with van der Waals surface area (Å²) in [6.45, 7) is 8.44. The lowest BCUT2D eigenvalue weighted by Crippen LogP contribution is -2.48. The fourth-order valence-corrected chi connectivity index (χ4v) is 5.25. The zero-order valence-electron chi connectivity index (χ0n) is 18.6. The predicted octanol–water partition coefficient (Wildman–Crippen LogP) is 4.32. The third-order valence-corrected chi connectivity index (χ3v) is 7.14. The first-order valence-corrected chi connectivity index (χ1v) is 11.6. The van der Waals surface area contributed by atoms with Crippen LogP contribution < -0.4 is 4.90 Å². The lowest BCUT2D eigenvalue weighted by Gasteiger charge is -2.40. The topological polar surface area (TPSA) is 50.1 Å². The number of nitrogens with zero attached hydrogens (tertiary/aromatic N) is 6. The van der Waals surface area contributed by atoms with Gasteiger partial charge >= 0.3 is 0 Å². The van der Waals surface area contributed by atoms with Gasteiger partial charge in [0.05, 0.1) is 12.1 Å². The van der Waals surface area contributed by atoms with Crippen molar-refractivity contribution < 1.29 is 0 Å². The largest absolute Gasteiger partial charge is 0.369 e. The number of benzene rings is 2. The highest BCUT2D eigenvalue weighted by Gasteiger charge is 2.33. The van der Waals surface area contributed by atoms with E-state index in [4.69, 9.17) is 0 Å². The van der Waals surface area contributed by atoms with Gasteiger partial charge in [-0.3, -0.25) is 4.90 Å². The van der Waals surface area contributed by atoms with Crippen molar-refractivity contribution >= 4 is 5.69 Å². The van der Waals surface area contributed by atoms with Crippen LogP contribution in [-0.4, -0.2) is 51.3 Å². The molecule has 0 N–H and O–H groups in total. The molecule has 1 aliphatic carbocycles. The van der Waals surface area contributed by atoms with Gasteiger partial charge in [0.15, 0.2) is 5.82 Å². The van der Waals surface area contributed by atoms with E-state index in [1.165, 1.54) is 48.1 Å². The number of anilines is 1. The van der Waals surface area contributed by atoms with E-state index in [0.717, 1.165) is 32.0 Å². The summed E-state index contributed by atoms with van der Waals surface area (Å²) < 4.78 is 2.13. The zero-order chi connectivity index (χ0) is 21.2. The molecule has 2 aromatic carbocycles. The minimum atomic E-state index is 0.0950. The van der Waals surface area contributed by atoms with Gasteiger partial charge in [-0.15, -0.1) is 5.10 Å². The third-order valence-electron chi connectivity index (χ3n) is 7.14. The highest BCUT2D eigenvalue weighted by atomic mass is 15.6. The van der Waals surface area contributed by atoms with Crippen molar-refractivity contribution in [3.8, 4) is 0 Å². The molecule has 2 aliphatic rings. The zero-order valence-corrected chi connectivity index (χ0v) is 18.6. The Labute approximate surface area is 184 Å². The Bertz CT molecular complexity index is 1000. The van der Waals surface area contributed by atoms with Crippen molar-refractivity contribution in [2.24, 2.45) is 0 Å². The van der Waals surface area contributed by atoms with Gasteiger partial charge in [0.1, 0.15) is 0 Å².